The molecule has 0 amide bonds. The van der Waals surface area contributed by atoms with Crippen molar-refractivity contribution in [3.63, 3.8) is 0 Å². The molecule has 1 atom stereocenters. The molecule has 0 aliphatic carbocycles. The van der Waals surface area contributed by atoms with Gasteiger partial charge in [-0.2, -0.15) is 4.72 Å². The smallest absolute Gasteiger partial charge is 0.322 e. The molecule has 0 saturated heterocycles. The average molecular weight is 590 g/mol. The third kappa shape index (κ3) is 6.26. The van der Waals surface area contributed by atoms with Crippen molar-refractivity contribution in [3.8, 4) is 0 Å². The number of anilines is 1. The Morgan fingerprint density at radius 3 is 2.64 bits per heavy atom. The van der Waals surface area contributed by atoms with E-state index in [0.717, 1.165) is 30.3 Å². The number of hydrogen-bond acceptors (Lipinski definition) is 9. The number of H-pyrrole nitrogens is 1. The van der Waals surface area contributed by atoms with Gasteiger partial charge in [0.2, 0.25) is 10.0 Å². The highest BCUT2D eigenvalue weighted by Crippen LogP contribution is 2.30. The molecule has 0 unspecified atom stereocenters. The van der Waals surface area contributed by atoms with Crippen LogP contribution in [0.3, 0.4) is 0 Å². The molecular formula is C29H31N7O5S. The summed E-state index contributed by atoms with van der Waals surface area (Å²) in [4.78, 5) is 38.2. The summed E-state index contributed by atoms with van der Waals surface area (Å²) < 4.78 is 29.2. The first-order chi connectivity index (χ1) is 20.1. The lowest BCUT2D eigenvalue weighted by molar-refractivity contribution is -0.139. The second kappa shape index (κ2) is 12.0. The van der Waals surface area contributed by atoms with E-state index >= 15 is 0 Å². The monoisotopic (exact) mass is 589 g/mol. The predicted molar refractivity (Wildman–Crippen MR) is 163 cm³/mol. The van der Waals surface area contributed by atoms with Crippen LogP contribution in [0.5, 0.6) is 0 Å². The second-order valence-corrected chi connectivity index (χ2v) is 11.7. The molecule has 0 radical (unpaired) electrons. The molecule has 218 valence electrons. The van der Waals surface area contributed by atoms with Gasteiger partial charge < -0.3 is 25.6 Å². The Kier molecular flexibility index (Phi) is 8.22. The number of nitrogens with one attached hydrogen (secondary N) is 4. The van der Waals surface area contributed by atoms with Crippen LogP contribution in [0.25, 0.3) is 27.8 Å². The number of benzene rings is 3. The predicted octanol–water partition coefficient (Wildman–Crippen LogP) is 1.68. The van der Waals surface area contributed by atoms with E-state index in [1.54, 1.807) is 36.4 Å². The first-order valence-electron chi connectivity index (χ1n) is 13.3. The summed E-state index contributed by atoms with van der Waals surface area (Å²) in [5.74, 6) is -0.597. The van der Waals surface area contributed by atoms with E-state index in [4.69, 9.17) is 0 Å². The number of carboxylic acids is 1. The molecule has 13 heteroatoms. The number of carboxylic acid groups (broad SMARTS) is 1. The number of aliphatic imine (C=N–C) groups is 1. The molecule has 0 fully saturated rings. The number of aliphatic carboxylic acids is 1. The summed E-state index contributed by atoms with van der Waals surface area (Å²) in [6.07, 6.45) is 3.40. The lowest BCUT2D eigenvalue weighted by Gasteiger charge is -2.18. The van der Waals surface area contributed by atoms with Crippen molar-refractivity contribution in [2.24, 2.45) is 4.99 Å². The van der Waals surface area contributed by atoms with E-state index in [2.05, 4.69) is 30.3 Å². The lowest BCUT2D eigenvalue weighted by Crippen LogP contribution is -2.42. The number of aromatic amines is 1. The highest BCUT2D eigenvalue weighted by atomic mass is 32.2. The Morgan fingerprint density at radius 1 is 1.12 bits per heavy atom. The minimum Gasteiger partial charge on any atom is -0.480 e. The van der Waals surface area contributed by atoms with Crippen LogP contribution in [0, 0.1) is 0 Å². The molecule has 3 aromatic carbocycles. The van der Waals surface area contributed by atoms with Gasteiger partial charge in [0.15, 0.2) is 5.96 Å². The molecule has 4 aromatic rings. The van der Waals surface area contributed by atoms with Crippen molar-refractivity contribution >= 4 is 55.4 Å². The van der Waals surface area contributed by atoms with Gasteiger partial charge in [-0.3, -0.25) is 14.6 Å². The third-order valence-electron chi connectivity index (χ3n) is 6.77. The molecule has 0 spiro atoms. The summed E-state index contributed by atoms with van der Waals surface area (Å²) in [6, 6.07) is 13.7. The fourth-order valence-corrected chi connectivity index (χ4v) is 6.20. The Labute approximate surface area is 242 Å². The maximum Gasteiger partial charge on any atom is 0.322 e. The quantitative estimate of drug-likeness (QED) is 0.185. The number of aromatic nitrogens is 2. The summed E-state index contributed by atoms with van der Waals surface area (Å²) in [7, 11) is -0.554. The molecule has 42 heavy (non-hydrogen) atoms. The van der Waals surface area contributed by atoms with Gasteiger partial charge in [-0.05, 0) is 29.8 Å². The number of guanidine groups is 1. The number of nitrogens with zero attached hydrogens (tertiary/aromatic N) is 3. The van der Waals surface area contributed by atoms with E-state index in [1.807, 2.05) is 43.3 Å². The maximum absolute atomic E-state index is 13.4. The number of hydrogen-bond donors (Lipinski definition) is 5. The molecule has 1 aromatic heterocycles. The Balaban J connectivity index is 1.36. The van der Waals surface area contributed by atoms with Crippen LogP contribution in [-0.4, -0.2) is 75.2 Å². The largest absolute Gasteiger partial charge is 0.480 e. The van der Waals surface area contributed by atoms with Gasteiger partial charge in [0.05, 0.1) is 22.3 Å². The zero-order valence-corrected chi connectivity index (χ0v) is 23.9. The van der Waals surface area contributed by atoms with Crippen molar-refractivity contribution < 1.29 is 18.3 Å². The minimum absolute atomic E-state index is 0.0433. The van der Waals surface area contributed by atoms with Crippen molar-refractivity contribution in [1.29, 1.82) is 0 Å². The van der Waals surface area contributed by atoms with Crippen molar-refractivity contribution in [1.82, 2.24) is 25.3 Å². The highest BCUT2D eigenvalue weighted by Gasteiger charge is 2.28. The van der Waals surface area contributed by atoms with Crippen molar-refractivity contribution in [2.45, 2.75) is 17.4 Å². The standard InChI is InChI=1S/C29H31N7O5S/c1-36(2)24-9-3-8-20-19(24)7-4-10-25(20)42(40,41)35-23(28(38)39)17-26-33-22-12-11-18(16-21(22)27(37)34-26)6-5-13-30-29-31-14-15-32-29/h3-12,16,23,35H,13-15,17H2,1-2H3,(H,38,39)(H2,30,31,32)(H,33,34,37)/t23-/m0/s1. The van der Waals surface area contributed by atoms with Gasteiger partial charge in [-0.1, -0.05) is 42.5 Å². The topological polar surface area (TPSA) is 169 Å². The van der Waals surface area contributed by atoms with Crippen molar-refractivity contribution in [2.75, 3.05) is 38.6 Å². The fraction of sp³-hybridized carbons (Fsp3) is 0.241. The molecule has 0 bridgehead atoms. The zero-order valence-electron chi connectivity index (χ0n) is 23.1. The number of sulfonamides is 1. The zero-order chi connectivity index (χ0) is 29.9. The number of carbonyl (C=O) groups is 1. The van der Waals surface area contributed by atoms with Crippen LogP contribution >= 0.6 is 0 Å². The molecular weight excluding hydrogens is 558 g/mol. The van der Waals surface area contributed by atoms with Gasteiger partial charge >= 0.3 is 5.97 Å². The normalized spacial score (nSPS) is 14.2. The van der Waals surface area contributed by atoms with Gasteiger partial charge in [0.1, 0.15) is 11.9 Å². The molecule has 5 N–H and O–H groups in total. The minimum atomic E-state index is -4.26. The number of rotatable bonds is 10. The average Bonchev–Trinajstić information content (AvgIpc) is 3.48. The van der Waals surface area contributed by atoms with Crippen LogP contribution in [0.2, 0.25) is 0 Å². The van der Waals surface area contributed by atoms with E-state index in [-0.39, 0.29) is 17.1 Å². The molecule has 12 nitrogen and oxygen atoms in total. The Hall–Kier alpha value is -4.75. The fourth-order valence-electron chi connectivity index (χ4n) is 4.78. The molecule has 5 rings (SSSR count). The Bertz CT molecular complexity index is 1880. The van der Waals surface area contributed by atoms with E-state index in [1.165, 1.54) is 6.07 Å². The van der Waals surface area contributed by atoms with Crippen LogP contribution in [0.4, 0.5) is 5.69 Å². The summed E-state index contributed by atoms with van der Waals surface area (Å²) in [5.41, 5.74) is 1.52. The maximum atomic E-state index is 13.4. The molecule has 2 heterocycles. The summed E-state index contributed by atoms with van der Waals surface area (Å²) in [6.45, 7) is 2.12. The van der Waals surface area contributed by atoms with Gasteiger partial charge in [0, 0.05) is 50.1 Å². The first kappa shape index (κ1) is 28.8. The van der Waals surface area contributed by atoms with Crippen LogP contribution in [0.1, 0.15) is 11.4 Å². The molecule has 1 aliphatic rings. The van der Waals surface area contributed by atoms with E-state index in [9.17, 15) is 23.1 Å². The highest BCUT2D eigenvalue weighted by molar-refractivity contribution is 7.89. The van der Waals surface area contributed by atoms with Crippen molar-refractivity contribution in [3.05, 3.63) is 82.4 Å². The lowest BCUT2D eigenvalue weighted by atomic mass is 10.1. The van der Waals surface area contributed by atoms with Crippen LogP contribution < -0.4 is 25.8 Å². The summed E-state index contributed by atoms with van der Waals surface area (Å²) in [5, 5.41) is 17.7. The van der Waals surface area contributed by atoms with Gasteiger partial charge in [-0.15, -0.1) is 0 Å². The van der Waals surface area contributed by atoms with Gasteiger partial charge in [0.25, 0.3) is 5.56 Å². The molecule has 1 aliphatic heterocycles. The third-order valence-corrected chi connectivity index (χ3v) is 8.30. The first-order valence-corrected chi connectivity index (χ1v) is 14.8. The Morgan fingerprint density at radius 2 is 1.90 bits per heavy atom. The SMILES string of the molecule is CN(C)c1cccc2c(S(=O)(=O)N[C@@H](Cc3nc4ccc(C=CCNC5=NCCN5)cc4c(=O)[nH]3)C(=O)O)cccc12. The van der Waals surface area contributed by atoms with Crippen LogP contribution in [-0.2, 0) is 21.2 Å². The molecule has 0 saturated carbocycles. The number of fused-ring (bicyclic) bond motifs is 2. The second-order valence-electron chi connectivity index (χ2n) is 9.97. The van der Waals surface area contributed by atoms with Gasteiger partial charge in [-0.25, -0.2) is 13.4 Å². The van der Waals surface area contributed by atoms with E-state index in [0.29, 0.717) is 28.2 Å². The van der Waals surface area contributed by atoms with E-state index < -0.39 is 27.6 Å². The van der Waals surface area contributed by atoms with Crippen LogP contribution in [0.15, 0.2) is 75.4 Å². The summed E-state index contributed by atoms with van der Waals surface area (Å²) >= 11 is 0.